The van der Waals surface area contributed by atoms with Crippen molar-refractivity contribution in [1.82, 2.24) is 15.5 Å². The number of hydrogen-bond acceptors (Lipinski definition) is 4. The van der Waals surface area contributed by atoms with Crippen LogP contribution in [0.2, 0.25) is 0 Å². The van der Waals surface area contributed by atoms with Crippen LogP contribution in [0.4, 0.5) is 0 Å². The second-order valence-electron chi connectivity index (χ2n) is 4.42. The summed E-state index contributed by atoms with van der Waals surface area (Å²) in [7, 11) is 0. The third-order valence-corrected chi connectivity index (χ3v) is 2.83. The molecule has 0 spiro atoms. The molecule has 17 heavy (non-hydrogen) atoms. The van der Waals surface area contributed by atoms with E-state index in [0.717, 1.165) is 5.82 Å². The van der Waals surface area contributed by atoms with Gasteiger partial charge in [-0.2, -0.15) is 4.98 Å². The molecule has 0 amide bonds. The Kier molecular flexibility index (Phi) is 2.88. The average molecular weight is 229 g/mol. The van der Waals surface area contributed by atoms with Gasteiger partial charge in [-0.1, -0.05) is 35.5 Å². The summed E-state index contributed by atoms with van der Waals surface area (Å²) in [4.78, 5) is 4.36. The molecule has 0 unspecified atom stereocenters. The topological polar surface area (TPSA) is 51.0 Å². The smallest absolute Gasteiger partial charge is 0.231 e. The number of rotatable bonds is 5. The molecule has 4 heteroatoms. The van der Waals surface area contributed by atoms with Crippen molar-refractivity contribution in [2.75, 3.05) is 0 Å². The van der Waals surface area contributed by atoms with E-state index in [2.05, 4.69) is 27.6 Å². The lowest BCUT2D eigenvalue weighted by molar-refractivity contribution is 0.377. The van der Waals surface area contributed by atoms with Gasteiger partial charge < -0.3 is 9.84 Å². The fourth-order valence-electron chi connectivity index (χ4n) is 1.73. The maximum Gasteiger partial charge on any atom is 0.231 e. The van der Waals surface area contributed by atoms with E-state index in [1.54, 1.807) is 0 Å². The second kappa shape index (κ2) is 4.67. The number of nitrogens with zero attached hydrogens (tertiary/aromatic N) is 2. The molecule has 1 aromatic carbocycles. The molecule has 88 valence electrons. The monoisotopic (exact) mass is 229 g/mol. The molecule has 0 radical (unpaired) electrons. The lowest BCUT2D eigenvalue weighted by atomic mass is 10.1. The van der Waals surface area contributed by atoms with Crippen LogP contribution in [0.15, 0.2) is 34.9 Å². The van der Waals surface area contributed by atoms with E-state index >= 15 is 0 Å². The fraction of sp³-hybridized carbons (Fsp3) is 0.385. The summed E-state index contributed by atoms with van der Waals surface area (Å²) < 4.78 is 5.22. The zero-order chi connectivity index (χ0) is 11.5. The first-order valence-corrected chi connectivity index (χ1v) is 5.99. The zero-order valence-corrected chi connectivity index (χ0v) is 9.60. The molecule has 1 N–H and O–H groups in total. The maximum atomic E-state index is 5.22. The van der Waals surface area contributed by atoms with E-state index in [1.165, 1.54) is 18.4 Å². The Morgan fingerprint density at radius 1 is 1.24 bits per heavy atom. The van der Waals surface area contributed by atoms with Crippen LogP contribution < -0.4 is 5.32 Å². The van der Waals surface area contributed by atoms with Crippen LogP contribution in [0, 0.1) is 0 Å². The summed E-state index contributed by atoms with van der Waals surface area (Å²) in [6.07, 6.45) is 3.25. The highest BCUT2D eigenvalue weighted by Crippen LogP contribution is 2.18. The quantitative estimate of drug-likeness (QED) is 0.851. The van der Waals surface area contributed by atoms with E-state index in [1.807, 2.05) is 18.2 Å². The molecule has 1 aliphatic carbocycles. The average Bonchev–Trinajstić information content (AvgIpc) is 3.09. The van der Waals surface area contributed by atoms with Crippen LogP contribution in [0.3, 0.4) is 0 Å². The van der Waals surface area contributed by atoms with E-state index in [0.29, 0.717) is 24.9 Å². The molecule has 3 rings (SSSR count). The van der Waals surface area contributed by atoms with Gasteiger partial charge in [0.15, 0.2) is 5.82 Å². The molecule has 0 atom stereocenters. The van der Waals surface area contributed by atoms with E-state index in [4.69, 9.17) is 4.52 Å². The normalized spacial score (nSPS) is 15.1. The first kappa shape index (κ1) is 10.5. The highest BCUT2D eigenvalue weighted by atomic mass is 16.5. The van der Waals surface area contributed by atoms with Crippen molar-refractivity contribution in [3.8, 4) is 0 Å². The summed E-state index contributed by atoms with van der Waals surface area (Å²) >= 11 is 0. The van der Waals surface area contributed by atoms with Gasteiger partial charge in [-0.15, -0.1) is 0 Å². The third-order valence-electron chi connectivity index (χ3n) is 2.83. The minimum atomic E-state index is 0.672. The van der Waals surface area contributed by atoms with Gasteiger partial charge in [-0.3, -0.25) is 0 Å². The zero-order valence-electron chi connectivity index (χ0n) is 9.60. The van der Waals surface area contributed by atoms with Crippen molar-refractivity contribution in [2.45, 2.75) is 31.8 Å². The molecule has 1 heterocycles. The van der Waals surface area contributed by atoms with Gasteiger partial charge in [-0.25, -0.2) is 0 Å². The van der Waals surface area contributed by atoms with Crippen molar-refractivity contribution < 1.29 is 4.52 Å². The Hall–Kier alpha value is -1.68. The first-order valence-electron chi connectivity index (χ1n) is 5.99. The lowest BCUT2D eigenvalue weighted by Gasteiger charge is -1.95. The molecule has 1 aromatic heterocycles. The summed E-state index contributed by atoms with van der Waals surface area (Å²) in [5.41, 5.74) is 1.19. The summed E-state index contributed by atoms with van der Waals surface area (Å²) in [5.74, 6) is 1.44. The van der Waals surface area contributed by atoms with Crippen molar-refractivity contribution in [3.05, 3.63) is 47.6 Å². The Morgan fingerprint density at radius 3 is 2.82 bits per heavy atom. The standard InChI is InChI=1S/C13H15N3O/c1-2-4-10(5-3-1)8-13-15-12(16-17-13)9-14-11-6-7-11/h1-5,11,14H,6-9H2. The molecule has 2 aromatic rings. The van der Waals surface area contributed by atoms with Gasteiger partial charge in [-0.05, 0) is 18.4 Å². The van der Waals surface area contributed by atoms with Crippen LogP contribution in [0.1, 0.15) is 30.1 Å². The Morgan fingerprint density at radius 2 is 2.06 bits per heavy atom. The Bertz CT molecular complexity index is 476. The van der Waals surface area contributed by atoms with E-state index < -0.39 is 0 Å². The number of nitrogens with one attached hydrogen (secondary N) is 1. The minimum Gasteiger partial charge on any atom is -0.339 e. The summed E-state index contributed by atoms with van der Waals surface area (Å²) in [6.45, 7) is 0.711. The van der Waals surface area contributed by atoms with Gasteiger partial charge in [0.1, 0.15) is 0 Å². The van der Waals surface area contributed by atoms with Crippen LogP contribution in [0.5, 0.6) is 0 Å². The van der Waals surface area contributed by atoms with Gasteiger partial charge in [0.25, 0.3) is 0 Å². The molecule has 1 saturated carbocycles. The van der Waals surface area contributed by atoms with Gasteiger partial charge in [0.2, 0.25) is 5.89 Å². The molecular formula is C13H15N3O. The first-order chi connectivity index (χ1) is 8.40. The predicted molar refractivity (Wildman–Crippen MR) is 63.4 cm³/mol. The molecule has 1 fully saturated rings. The van der Waals surface area contributed by atoms with Gasteiger partial charge in [0, 0.05) is 6.04 Å². The lowest BCUT2D eigenvalue weighted by Crippen LogP contribution is -2.16. The Balaban J connectivity index is 1.59. The molecule has 0 aliphatic heterocycles. The van der Waals surface area contributed by atoms with E-state index in [-0.39, 0.29) is 0 Å². The van der Waals surface area contributed by atoms with Gasteiger partial charge >= 0.3 is 0 Å². The Labute approximate surface area is 100 Å². The maximum absolute atomic E-state index is 5.22. The summed E-state index contributed by atoms with van der Waals surface area (Å²) in [6, 6.07) is 10.8. The number of benzene rings is 1. The predicted octanol–water partition coefficient (Wildman–Crippen LogP) is 1.91. The summed E-state index contributed by atoms with van der Waals surface area (Å²) in [5, 5.41) is 7.33. The van der Waals surface area contributed by atoms with Crippen molar-refractivity contribution >= 4 is 0 Å². The molecule has 0 bridgehead atoms. The van der Waals surface area contributed by atoms with Crippen molar-refractivity contribution in [2.24, 2.45) is 0 Å². The van der Waals surface area contributed by atoms with Crippen LogP contribution in [-0.2, 0) is 13.0 Å². The minimum absolute atomic E-state index is 0.672. The third kappa shape index (κ3) is 2.91. The second-order valence-corrected chi connectivity index (χ2v) is 4.42. The van der Waals surface area contributed by atoms with Crippen molar-refractivity contribution in [3.63, 3.8) is 0 Å². The van der Waals surface area contributed by atoms with Crippen LogP contribution >= 0.6 is 0 Å². The highest BCUT2D eigenvalue weighted by molar-refractivity contribution is 5.17. The largest absolute Gasteiger partial charge is 0.339 e. The molecule has 0 saturated heterocycles. The van der Waals surface area contributed by atoms with Crippen LogP contribution in [-0.4, -0.2) is 16.2 Å². The molecule has 1 aliphatic rings. The van der Waals surface area contributed by atoms with E-state index in [9.17, 15) is 0 Å². The van der Waals surface area contributed by atoms with Gasteiger partial charge in [0.05, 0.1) is 13.0 Å². The van der Waals surface area contributed by atoms with Crippen molar-refractivity contribution in [1.29, 1.82) is 0 Å². The molecule has 4 nitrogen and oxygen atoms in total. The number of hydrogen-bond donors (Lipinski definition) is 1. The SMILES string of the molecule is c1ccc(Cc2nc(CNC3CC3)no2)cc1. The molecular weight excluding hydrogens is 214 g/mol. The van der Waals surface area contributed by atoms with Crippen LogP contribution in [0.25, 0.3) is 0 Å². The number of aromatic nitrogens is 2. The highest BCUT2D eigenvalue weighted by Gasteiger charge is 2.21. The fourth-order valence-corrected chi connectivity index (χ4v) is 1.73.